The van der Waals surface area contributed by atoms with Crippen LogP contribution in [0.3, 0.4) is 0 Å². The molecular formula is C58H140Cl14Li2N8Si6. The molecule has 6 aliphatic rings. The molecule has 12 atom stereocenters. The van der Waals surface area contributed by atoms with Gasteiger partial charge in [0.15, 0.2) is 18.0 Å². The van der Waals surface area contributed by atoms with Crippen molar-refractivity contribution in [1.82, 2.24) is 34.1 Å². The van der Waals surface area contributed by atoms with E-state index in [0.29, 0.717) is 24.2 Å². The van der Waals surface area contributed by atoms with Gasteiger partial charge in [0.05, 0.1) is 0 Å². The molecular weight excluding hydrogens is 1490 g/mol. The van der Waals surface area contributed by atoms with Gasteiger partial charge >= 0.3 is 52.0 Å². The summed E-state index contributed by atoms with van der Waals surface area (Å²) < 4.78 is 7.32. The van der Waals surface area contributed by atoms with Crippen molar-refractivity contribution in [2.45, 2.75) is 328 Å². The molecule has 0 radical (unpaired) electrons. The molecule has 0 aromatic rings. The molecule has 88 heavy (non-hydrogen) atoms. The van der Waals surface area contributed by atoms with Gasteiger partial charge in [-0.2, -0.15) is 66.5 Å². The third-order valence-corrected chi connectivity index (χ3v) is 23.2. The Kier molecular flexibility index (Phi) is 123. The number of piperidine rings is 6. The van der Waals surface area contributed by atoms with E-state index in [0.717, 1.165) is 48.3 Å². The second-order valence-electron chi connectivity index (χ2n) is 22.1. The Morgan fingerprint density at radius 2 is 0.568 bits per heavy atom. The van der Waals surface area contributed by atoms with Crippen LogP contribution in [0, 0.1) is 0 Å². The van der Waals surface area contributed by atoms with Crippen molar-refractivity contribution in [3.8, 4) is 0 Å². The Morgan fingerprint density at radius 3 is 0.670 bits per heavy atom. The fourth-order valence-corrected chi connectivity index (χ4v) is 18.5. The van der Waals surface area contributed by atoms with E-state index < -0.39 is 48.6 Å². The third-order valence-electron chi connectivity index (χ3n) is 15.6. The molecule has 6 fully saturated rings. The van der Waals surface area contributed by atoms with Crippen LogP contribution in [0.15, 0.2) is 0 Å². The SMILES string of the molecule is C.C.CC1CCCC(C)N1.CC1CCCC(C)N1.CC1CCCC(C)N1[SiH2]Cl.CC1CCCC(C)N1[SiH2]Cl.CC1CCCC(C)N1[SiH](Cl)Cl.CC1CCCC(C)[N-]1.CCN(CC)CC.CCN(CC)CC.CCl.CCl.Cl[SiH2]Cl.Cl[SiH2]Cl.Cl[SiH](Cl)Cl.[Cl-].[Li+].[Li+]. The van der Waals surface area contributed by atoms with Crippen LogP contribution in [0.25, 0.3) is 5.32 Å². The van der Waals surface area contributed by atoms with Gasteiger partial charge in [0.1, 0.15) is 0 Å². The van der Waals surface area contributed by atoms with Gasteiger partial charge in [0.25, 0.3) is 0 Å². The van der Waals surface area contributed by atoms with Crippen LogP contribution in [-0.4, -0.2) is 197 Å². The summed E-state index contributed by atoms with van der Waals surface area (Å²) in [5.41, 5.74) is 0. The van der Waals surface area contributed by atoms with Gasteiger partial charge in [0, 0.05) is 73.2 Å². The topological polar surface area (TPSA) is 54.4 Å². The molecule has 0 bridgehead atoms. The van der Waals surface area contributed by atoms with Gasteiger partial charge in [-0.05, 0) is 131 Å². The molecule has 8 nitrogen and oxygen atoms in total. The molecule has 0 amide bonds. The van der Waals surface area contributed by atoms with Crippen LogP contribution in [-0.2, 0) is 0 Å². The number of hydrogen-bond donors (Lipinski definition) is 2. The zero-order valence-corrected chi connectivity index (χ0v) is 77.4. The maximum Gasteiger partial charge on any atom is 1.00 e. The number of hydrogen-bond acceptors (Lipinski definition) is 7. The Morgan fingerprint density at radius 1 is 0.386 bits per heavy atom. The Hall–Kier alpha value is 6.24. The van der Waals surface area contributed by atoms with Crippen LogP contribution < -0.4 is 60.8 Å². The fraction of sp³-hybridized carbons (Fsp3) is 1.00. The van der Waals surface area contributed by atoms with Crippen LogP contribution in [0.5, 0.6) is 0 Å². The molecule has 30 heteroatoms. The van der Waals surface area contributed by atoms with E-state index in [9.17, 15) is 0 Å². The van der Waals surface area contributed by atoms with E-state index in [2.05, 4.69) is 187 Å². The van der Waals surface area contributed by atoms with E-state index in [-0.39, 0.29) is 65.0 Å². The number of nitrogens with zero attached hydrogens (tertiary/aromatic N) is 6. The molecule has 12 unspecified atom stereocenters. The van der Waals surface area contributed by atoms with Gasteiger partial charge in [0.2, 0.25) is 16.3 Å². The summed E-state index contributed by atoms with van der Waals surface area (Å²) in [5, 5.41) is 11.4. The van der Waals surface area contributed by atoms with Gasteiger partial charge in [-0.25, -0.2) is 0 Å². The Bertz CT molecular complexity index is 1100. The molecule has 536 valence electrons. The predicted octanol–water partition coefficient (Wildman–Crippen LogP) is 9.85. The van der Waals surface area contributed by atoms with Crippen LogP contribution in [0.2, 0.25) is 0 Å². The summed E-state index contributed by atoms with van der Waals surface area (Å²) >= 11 is 67.5. The largest absolute Gasteiger partial charge is 1.00 e. The molecule has 6 heterocycles. The minimum Gasteiger partial charge on any atom is -1.00 e. The first-order chi connectivity index (χ1) is 39.2. The van der Waals surface area contributed by atoms with Gasteiger partial charge < -0.3 is 47.3 Å². The summed E-state index contributed by atoms with van der Waals surface area (Å²) in [7, 11) is -3.71. The Balaban J connectivity index is -0.0000000725. The minimum absolute atomic E-state index is 0. The number of rotatable bonds is 9. The summed E-state index contributed by atoms with van der Waals surface area (Å²) in [6.07, 6.45) is 27.3. The molecule has 2 N–H and O–H groups in total. The summed E-state index contributed by atoms with van der Waals surface area (Å²) in [6.45, 7) is 45.6. The van der Waals surface area contributed by atoms with Gasteiger partial charge in [-0.15, -0.1) is 90.7 Å². The minimum atomic E-state index is -1.72. The van der Waals surface area contributed by atoms with Crippen LogP contribution in [0.4, 0.5) is 0 Å². The van der Waals surface area contributed by atoms with Crippen molar-refractivity contribution in [1.29, 1.82) is 0 Å². The molecule has 6 saturated heterocycles. The smallest absolute Gasteiger partial charge is 1.00 e. The van der Waals surface area contributed by atoms with Crippen LogP contribution in [0.1, 0.15) is 255 Å². The average molecular weight is 1630 g/mol. The van der Waals surface area contributed by atoms with Crippen molar-refractivity contribution in [2.75, 3.05) is 52.0 Å². The first kappa shape index (κ1) is 121. The number of halogens is 14. The number of nitrogens with one attached hydrogen (secondary N) is 2. The van der Waals surface area contributed by atoms with Crippen molar-refractivity contribution >= 4 is 194 Å². The Labute approximate surface area is 655 Å². The number of alkyl halides is 2. The molecule has 6 rings (SSSR count). The maximum atomic E-state index is 5.98. The van der Waals surface area contributed by atoms with E-state index in [1.54, 1.807) is 0 Å². The van der Waals surface area contributed by atoms with E-state index in [1.807, 2.05) is 0 Å². The molecule has 0 aromatic carbocycles. The first-order valence-electron chi connectivity index (χ1n) is 31.5. The van der Waals surface area contributed by atoms with Crippen molar-refractivity contribution in [3.63, 3.8) is 0 Å². The van der Waals surface area contributed by atoms with Crippen molar-refractivity contribution in [2.24, 2.45) is 0 Å². The standard InChI is InChI=1S/C7H15Cl2NSi.2C7H16ClNSi.2C7H15N.C7H14N.2C6H15N.2CH3Cl.2CH4.Cl3HSi.2Cl2H2Si.ClH.2Li/c1-6-4-3-5-7(2)10(6)11(8)9;2*1-6-4-3-5-7(2)9(6)10-8;3*1-6-4-3-5-7(2)8-6;2*1-4-7(5-2)6-3;2*1-2;;;1-4(2)3;2*1-3-2;;;/h6-7,11H,3-5H2,1-2H3;2*6-7H,3-5,10H2,1-2H3;2*6-8H,3-5H2,1-2H3;6-7H,3-5H2,1-2H3;2*4-6H2,1-3H3;2*1H3;2*1H4;4H;2*3H2;1H;;/q;;;;;-1;;;;;;;;;;;2*+1/p-1. The second-order valence-corrected chi connectivity index (χ2v) is 41.5. The van der Waals surface area contributed by atoms with Crippen molar-refractivity contribution < 1.29 is 50.1 Å². The summed E-state index contributed by atoms with van der Waals surface area (Å²) in [4.78, 5) is 4.75. The monoisotopic (exact) mass is 1620 g/mol. The van der Waals surface area contributed by atoms with E-state index >= 15 is 0 Å². The molecule has 6 aliphatic heterocycles. The predicted molar refractivity (Wildman–Crippen MR) is 429 cm³/mol. The quantitative estimate of drug-likeness (QED) is 0.136. The molecule has 0 aromatic heterocycles. The van der Waals surface area contributed by atoms with E-state index in [1.165, 1.54) is 168 Å². The average Bonchev–Trinajstić information content (AvgIpc) is 3.42. The normalized spacial score (nSPS) is 26.3. The zero-order valence-electron chi connectivity index (χ0n) is 58.9. The third kappa shape index (κ3) is 79.6. The summed E-state index contributed by atoms with van der Waals surface area (Å²) in [5.74, 6) is 0. The van der Waals surface area contributed by atoms with Gasteiger partial charge in [-0.1, -0.05) is 163 Å². The van der Waals surface area contributed by atoms with Crippen LogP contribution >= 0.6 is 145 Å². The summed E-state index contributed by atoms with van der Waals surface area (Å²) in [6, 6.07) is 8.56. The molecule has 0 saturated carbocycles. The van der Waals surface area contributed by atoms with E-state index in [4.69, 9.17) is 122 Å². The zero-order chi connectivity index (χ0) is 65.9. The fourth-order valence-electron chi connectivity index (χ4n) is 10.6. The van der Waals surface area contributed by atoms with Gasteiger partial charge in [-0.3, -0.25) is 4.57 Å². The molecule has 0 aliphatic carbocycles. The second kappa shape index (κ2) is 89.3. The molecule has 0 spiro atoms. The first-order valence-corrected chi connectivity index (χ1v) is 56.4. The maximum absolute atomic E-state index is 5.98. The van der Waals surface area contributed by atoms with Crippen molar-refractivity contribution in [3.05, 3.63) is 5.32 Å².